The van der Waals surface area contributed by atoms with Crippen LogP contribution in [0.5, 0.6) is 0 Å². The second-order valence-electron chi connectivity index (χ2n) is 13.1. The summed E-state index contributed by atoms with van der Waals surface area (Å²) in [5.74, 6) is -0.0978. The van der Waals surface area contributed by atoms with Crippen molar-refractivity contribution in [2.24, 2.45) is 14.1 Å². The Balaban J connectivity index is 1.05. The van der Waals surface area contributed by atoms with Gasteiger partial charge in [0.15, 0.2) is 11.6 Å². The average molecular weight is 726 g/mol. The third-order valence-corrected chi connectivity index (χ3v) is 10.6. The van der Waals surface area contributed by atoms with E-state index < -0.39 is 0 Å². The van der Waals surface area contributed by atoms with E-state index in [1.54, 1.807) is 24.3 Å². The van der Waals surface area contributed by atoms with Gasteiger partial charge in [-0.25, -0.2) is 9.97 Å². The van der Waals surface area contributed by atoms with Gasteiger partial charge in [-0.15, -0.1) is 0 Å². The molecule has 7 rings (SSSR count). The normalized spacial score (nSPS) is 14.5. The summed E-state index contributed by atoms with van der Waals surface area (Å²) in [4.78, 5) is 51.8. The van der Waals surface area contributed by atoms with Gasteiger partial charge in [0.25, 0.3) is 11.8 Å². The topological polar surface area (TPSA) is 117 Å². The van der Waals surface area contributed by atoms with Crippen LogP contribution in [0, 0.1) is 0 Å². The molecule has 2 aromatic heterocycles. The first-order valence-electron chi connectivity index (χ1n) is 16.8. The van der Waals surface area contributed by atoms with E-state index in [1.807, 2.05) is 66.7 Å². The lowest BCUT2D eigenvalue weighted by Gasteiger charge is -2.26. The number of rotatable bonds is 9. The van der Waals surface area contributed by atoms with Gasteiger partial charge in [-0.05, 0) is 31.2 Å². The fraction of sp³-hybridized carbons (Fsp3) is 0.289. The number of hydrogen-bond acceptors (Lipinski definition) is 7. The van der Waals surface area contributed by atoms with Crippen LogP contribution in [0.3, 0.4) is 0 Å². The molecule has 2 N–H and O–H groups in total. The second kappa shape index (κ2) is 14.4. The van der Waals surface area contributed by atoms with Crippen molar-refractivity contribution in [1.82, 2.24) is 28.9 Å². The van der Waals surface area contributed by atoms with E-state index in [-0.39, 0.29) is 11.8 Å². The van der Waals surface area contributed by atoms with Gasteiger partial charge in [-0.2, -0.15) is 0 Å². The number of carbonyl (C=O) groups excluding carboxylic acids is 3. The van der Waals surface area contributed by atoms with Gasteiger partial charge >= 0.3 is 0 Å². The average Bonchev–Trinajstić information content (AvgIpc) is 3.64. The molecule has 5 aromatic rings. The summed E-state index contributed by atoms with van der Waals surface area (Å²) in [5.41, 5.74) is 7.76. The molecular weight excluding hydrogens is 687 g/mol. The minimum absolute atomic E-state index is 0.304. The Hall–Kier alpha value is -4.81. The van der Waals surface area contributed by atoms with Gasteiger partial charge in [0.05, 0.1) is 32.8 Å². The Morgan fingerprint density at radius 2 is 1.27 bits per heavy atom. The molecule has 0 unspecified atom stereocenters. The molecule has 2 aliphatic rings. The van der Waals surface area contributed by atoms with Crippen molar-refractivity contribution in [3.05, 3.63) is 116 Å². The SMILES string of the molecule is CN1CCc2c(nc(C(=O)Nc3cccc(-c4cccc(NC(=O)c5nc6c(n5C)CCN(CCc5ccc(C=O)cc5)C6)c4Cl)c3Cl)n2C)C1. The highest BCUT2D eigenvalue weighted by Crippen LogP contribution is 2.40. The van der Waals surface area contributed by atoms with Crippen LogP contribution < -0.4 is 10.6 Å². The molecule has 0 saturated heterocycles. The maximum absolute atomic E-state index is 13.6. The fourth-order valence-electron chi connectivity index (χ4n) is 6.92. The first-order valence-corrected chi connectivity index (χ1v) is 17.6. The molecule has 51 heavy (non-hydrogen) atoms. The van der Waals surface area contributed by atoms with Crippen LogP contribution in [0.4, 0.5) is 11.4 Å². The van der Waals surface area contributed by atoms with Crippen LogP contribution in [0.1, 0.15) is 59.9 Å². The van der Waals surface area contributed by atoms with Gasteiger partial charge in [-0.1, -0.05) is 71.7 Å². The maximum Gasteiger partial charge on any atom is 0.291 e. The van der Waals surface area contributed by atoms with E-state index >= 15 is 0 Å². The van der Waals surface area contributed by atoms with Crippen LogP contribution in [0.15, 0.2) is 60.7 Å². The molecule has 0 radical (unpaired) electrons. The number of amides is 2. The third-order valence-electron chi connectivity index (χ3n) is 9.80. The van der Waals surface area contributed by atoms with Crippen molar-refractivity contribution in [2.75, 3.05) is 37.3 Å². The number of fused-ring (bicyclic) bond motifs is 2. The van der Waals surface area contributed by atoms with Crippen LogP contribution in [-0.2, 0) is 46.4 Å². The Bertz CT molecular complexity index is 2160. The number of anilines is 2. The quantitative estimate of drug-likeness (QED) is 0.178. The Morgan fingerprint density at radius 1 is 0.745 bits per heavy atom. The first-order chi connectivity index (χ1) is 24.6. The first kappa shape index (κ1) is 34.6. The van der Waals surface area contributed by atoms with Crippen molar-refractivity contribution in [3.63, 3.8) is 0 Å². The molecule has 4 heterocycles. The Kier molecular flexibility index (Phi) is 9.80. The van der Waals surface area contributed by atoms with Crippen molar-refractivity contribution in [1.29, 1.82) is 0 Å². The molecule has 2 aliphatic heterocycles. The molecular formula is C38H38Cl2N8O3. The van der Waals surface area contributed by atoms with E-state index in [9.17, 15) is 14.4 Å². The summed E-state index contributed by atoms with van der Waals surface area (Å²) in [6.07, 6.45) is 3.30. The number of nitrogens with zero attached hydrogens (tertiary/aromatic N) is 6. The van der Waals surface area contributed by atoms with E-state index in [2.05, 4.69) is 25.4 Å². The molecule has 0 bridgehead atoms. The minimum atomic E-state index is -0.371. The lowest BCUT2D eigenvalue weighted by Crippen LogP contribution is -2.32. The zero-order chi connectivity index (χ0) is 35.8. The monoisotopic (exact) mass is 724 g/mol. The third kappa shape index (κ3) is 6.94. The zero-order valence-corrected chi connectivity index (χ0v) is 30.2. The molecule has 0 fully saturated rings. The van der Waals surface area contributed by atoms with Crippen LogP contribution in [-0.4, -0.2) is 73.7 Å². The number of aromatic nitrogens is 4. The molecule has 0 atom stereocenters. The molecule has 13 heteroatoms. The number of halogens is 2. The van der Waals surface area contributed by atoms with Gasteiger partial charge in [0, 0.05) is 87.7 Å². The fourth-order valence-corrected chi connectivity index (χ4v) is 7.47. The van der Waals surface area contributed by atoms with Crippen LogP contribution in [0.2, 0.25) is 10.0 Å². The summed E-state index contributed by atoms with van der Waals surface area (Å²) < 4.78 is 3.71. The van der Waals surface area contributed by atoms with E-state index in [0.717, 1.165) is 68.0 Å². The van der Waals surface area contributed by atoms with Crippen molar-refractivity contribution < 1.29 is 14.4 Å². The van der Waals surface area contributed by atoms with Crippen LogP contribution in [0.25, 0.3) is 11.1 Å². The molecule has 2 amide bonds. The van der Waals surface area contributed by atoms with Gasteiger partial charge in [0.2, 0.25) is 0 Å². The Morgan fingerprint density at radius 3 is 1.82 bits per heavy atom. The second-order valence-corrected chi connectivity index (χ2v) is 13.9. The van der Waals surface area contributed by atoms with Crippen LogP contribution >= 0.6 is 23.2 Å². The molecule has 3 aromatic carbocycles. The highest BCUT2D eigenvalue weighted by Gasteiger charge is 2.27. The number of benzene rings is 3. The van der Waals surface area contributed by atoms with E-state index in [0.29, 0.717) is 62.8 Å². The largest absolute Gasteiger partial charge is 0.327 e. The van der Waals surface area contributed by atoms with E-state index in [4.69, 9.17) is 28.2 Å². The summed E-state index contributed by atoms with van der Waals surface area (Å²) in [6, 6.07) is 18.3. The highest BCUT2D eigenvalue weighted by molar-refractivity contribution is 6.40. The Labute approximate surface area is 306 Å². The summed E-state index contributed by atoms with van der Waals surface area (Å²) >= 11 is 13.8. The standard InChI is InChI=1S/C38H38Cl2N8O3/c1-45-17-15-31-29(20-45)41-35(46(31)2)37(50)43-27-8-4-6-25(33(27)39)26-7-5-9-28(34(26)40)44-38(51)36-42-30-21-48(19-16-32(30)47(36)3)18-14-23-10-12-24(22-49)13-11-23/h4-13,22H,14-21H2,1-3H3,(H,43,50)(H,44,51). The predicted octanol–water partition coefficient (Wildman–Crippen LogP) is 6.03. The molecule has 11 nitrogen and oxygen atoms in total. The molecule has 0 spiro atoms. The maximum atomic E-state index is 13.6. The zero-order valence-electron chi connectivity index (χ0n) is 28.7. The number of carbonyl (C=O) groups is 3. The van der Waals surface area contributed by atoms with Crippen molar-refractivity contribution in [3.8, 4) is 11.1 Å². The number of hydrogen-bond donors (Lipinski definition) is 2. The number of imidazole rings is 2. The summed E-state index contributed by atoms with van der Waals surface area (Å²) in [7, 11) is 5.76. The van der Waals surface area contributed by atoms with Gasteiger partial charge in [-0.3, -0.25) is 19.3 Å². The molecule has 0 saturated carbocycles. The van der Waals surface area contributed by atoms with Crippen molar-refractivity contribution >= 4 is 52.7 Å². The number of likely N-dealkylation sites (N-methyl/N-ethyl adjacent to an activating group) is 1. The minimum Gasteiger partial charge on any atom is -0.327 e. The summed E-state index contributed by atoms with van der Waals surface area (Å²) in [6.45, 7) is 3.95. The summed E-state index contributed by atoms with van der Waals surface area (Å²) in [5, 5.41) is 6.51. The highest BCUT2D eigenvalue weighted by atomic mass is 35.5. The van der Waals surface area contributed by atoms with Gasteiger partial charge < -0.3 is 24.7 Å². The van der Waals surface area contributed by atoms with Crippen molar-refractivity contribution in [2.45, 2.75) is 32.4 Å². The smallest absolute Gasteiger partial charge is 0.291 e. The number of aldehydes is 1. The lowest BCUT2D eigenvalue weighted by molar-refractivity contribution is 0.100. The number of nitrogens with one attached hydrogen (secondary N) is 2. The van der Waals surface area contributed by atoms with E-state index in [1.165, 1.54) is 5.56 Å². The predicted molar refractivity (Wildman–Crippen MR) is 199 cm³/mol. The lowest BCUT2D eigenvalue weighted by atomic mass is 10.0. The molecule has 262 valence electrons. The van der Waals surface area contributed by atoms with Gasteiger partial charge in [0.1, 0.15) is 6.29 Å². The molecule has 0 aliphatic carbocycles.